The van der Waals surface area contributed by atoms with Gasteiger partial charge in [0.25, 0.3) is 0 Å². The predicted octanol–water partition coefficient (Wildman–Crippen LogP) is 2.83. The Hall–Kier alpha value is -1.72. The Morgan fingerprint density at radius 1 is 1.48 bits per heavy atom. The van der Waals surface area contributed by atoms with Gasteiger partial charge >= 0.3 is 0 Å². The third-order valence-corrected chi connectivity index (χ3v) is 4.48. The van der Waals surface area contributed by atoms with E-state index in [4.69, 9.17) is 0 Å². The van der Waals surface area contributed by atoms with E-state index >= 15 is 0 Å². The molecule has 0 aliphatic rings. The molecule has 0 fully saturated rings. The number of rotatable bonds is 6. The van der Waals surface area contributed by atoms with Gasteiger partial charge in [-0.1, -0.05) is 32.4 Å². The molecule has 1 heterocycles. The molecule has 1 aromatic carbocycles. The van der Waals surface area contributed by atoms with Crippen LogP contribution in [0.3, 0.4) is 0 Å². The van der Waals surface area contributed by atoms with Crippen molar-refractivity contribution in [3.63, 3.8) is 0 Å². The number of aliphatic hydroxyl groups excluding tert-OH is 1. The normalized spacial score (nSPS) is 14.4. The summed E-state index contributed by atoms with van der Waals surface area (Å²) in [5.41, 5.74) is 0.940. The van der Waals surface area contributed by atoms with E-state index in [9.17, 15) is 9.90 Å². The lowest BCUT2D eigenvalue weighted by molar-refractivity contribution is -0.117. The number of hydrogen-bond acceptors (Lipinski definition) is 4. The minimum Gasteiger partial charge on any atom is -0.391 e. The topological polar surface area (TPSA) is 62.2 Å². The second-order valence-electron chi connectivity index (χ2n) is 5.05. The number of carbonyl (C=O) groups is 1. The number of aliphatic hydroxyl groups is 1. The SMILES string of the molecule is CCC(C)C(O)CNC(=O)/C=C/c1nc2ccccc2s1. The molecule has 0 aliphatic carbocycles. The van der Waals surface area contributed by atoms with Crippen LogP contribution in [0.25, 0.3) is 16.3 Å². The number of aromatic nitrogens is 1. The average molecular weight is 304 g/mol. The standard InChI is InChI=1S/C16H20N2O2S/c1-3-11(2)13(19)10-17-15(20)8-9-16-18-12-6-4-5-7-14(12)21-16/h4-9,11,13,19H,3,10H2,1-2H3,(H,17,20)/b9-8+. The molecule has 5 heteroatoms. The molecule has 0 bridgehead atoms. The fraction of sp³-hybridized carbons (Fsp3) is 0.375. The number of fused-ring (bicyclic) bond motifs is 1. The summed E-state index contributed by atoms with van der Waals surface area (Å²) in [6.07, 6.45) is 3.55. The molecule has 21 heavy (non-hydrogen) atoms. The van der Waals surface area contributed by atoms with Gasteiger partial charge in [0, 0.05) is 12.6 Å². The minimum absolute atomic E-state index is 0.179. The van der Waals surface area contributed by atoms with E-state index in [-0.39, 0.29) is 18.4 Å². The minimum atomic E-state index is -0.505. The highest BCUT2D eigenvalue weighted by Crippen LogP contribution is 2.22. The van der Waals surface area contributed by atoms with Crippen molar-refractivity contribution in [2.75, 3.05) is 6.54 Å². The molecule has 2 unspecified atom stereocenters. The zero-order valence-electron chi connectivity index (χ0n) is 12.2. The zero-order chi connectivity index (χ0) is 15.2. The van der Waals surface area contributed by atoms with E-state index in [1.54, 1.807) is 17.4 Å². The summed E-state index contributed by atoms with van der Waals surface area (Å²) < 4.78 is 1.10. The van der Waals surface area contributed by atoms with Crippen LogP contribution < -0.4 is 5.32 Å². The van der Waals surface area contributed by atoms with Crippen LogP contribution >= 0.6 is 11.3 Å². The molecule has 2 aromatic rings. The summed E-state index contributed by atoms with van der Waals surface area (Å²) in [4.78, 5) is 16.1. The van der Waals surface area contributed by atoms with Crippen LogP contribution in [-0.2, 0) is 4.79 Å². The van der Waals surface area contributed by atoms with Gasteiger partial charge in [0.1, 0.15) is 5.01 Å². The van der Waals surface area contributed by atoms with Crippen molar-refractivity contribution in [3.8, 4) is 0 Å². The lowest BCUT2D eigenvalue weighted by Crippen LogP contribution is -2.34. The molecule has 4 nitrogen and oxygen atoms in total. The number of para-hydroxylation sites is 1. The maximum atomic E-state index is 11.7. The van der Waals surface area contributed by atoms with Crippen LogP contribution in [0.15, 0.2) is 30.3 Å². The molecular weight excluding hydrogens is 284 g/mol. The molecule has 0 radical (unpaired) electrons. The van der Waals surface area contributed by atoms with Gasteiger partial charge in [0.05, 0.1) is 16.3 Å². The number of thiazole rings is 1. The van der Waals surface area contributed by atoms with Gasteiger partial charge in [-0.15, -0.1) is 11.3 Å². The molecule has 0 spiro atoms. The van der Waals surface area contributed by atoms with Crippen molar-refractivity contribution in [1.29, 1.82) is 0 Å². The number of nitrogens with one attached hydrogen (secondary N) is 1. The number of hydrogen-bond donors (Lipinski definition) is 2. The number of benzene rings is 1. The first kappa shape index (κ1) is 15.7. The Kier molecular flexibility index (Phi) is 5.47. The number of carbonyl (C=O) groups excluding carboxylic acids is 1. The first-order valence-electron chi connectivity index (χ1n) is 7.09. The largest absolute Gasteiger partial charge is 0.391 e. The van der Waals surface area contributed by atoms with Crippen LogP contribution in [0.1, 0.15) is 25.3 Å². The summed E-state index contributed by atoms with van der Waals surface area (Å²) in [5, 5.41) is 13.3. The van der Waals surface area contributed by atoms with Crippen LogP contribution in [-0.4, -0.2) is 28.6 Å². The highest BCUT2D eigenvalue weighted by Gasteiger charge is 2.12. The molecule has 0 saturated heterocycles. The first-order chi connectivity index (χ1) is 10.1. The average Bonchev–Trinajstić information content (AvgIpc) is 2.92. The second-order valence-corrected chi connectivity index (χ2v) is 6.11. The summed E-state index contributed by atoms with van der Waals surface area (Å²) in [5.74, 6) is -0.0323. The molecule has 1 aromatic heterocycles. The molecule has 1 amide bonds. The Balaban J connectivity index is 1.90. The molecule has 2 rings (SSSR count). The van der Waals surface area contributed by atoms with Gasteiger partial charge in [0.2, 0.25) is 5.91 Å². The molecule has 2 atom stereocenters. The maximum Gasteiger partial charge on any atom is 0.244 e. The summed E-state index contributed by atoms with van der Waals surface area (Å²) in [6, 6.07) is 7.87. The van der Waals surface area contributed by atoms with Crippen LogP contribution in [0.4, 0.5) is 0 Å². The van der Waals surface area contributed by atoms with E-state index in [2.05, 4.69) is 10.3 Å². The van der Waals surface area contributed by atoms with Crippen molar-refractivity contribution in [2.45, 2.75) is 26.4 Å². The van der Waals surface area contributed by atoms with Crippen molar-refractivity contribution < 1.29 is 9.90 Å². The van der Waals surface area contributed by atoms with Gasteiger partial charge in [0.15, 0.2) is 0 Å². The monoisotopic (exact) mass is 304 g/mol. The van der Waals surface area contributed by atoms with Crippen molar-refractivity contribution in [3.05, 3.63) is 35.3 Å². The molecular formula is C16H20N2O2S. The predicted molar refractivity (Wildman–Crippen MR) is 87.1 cm³/mol. The first-order valence-corrected chi connectivity index (χ1v) is 7.91. The van der Waals surface area contributed by atoms with Gasteiger partial charge in [-0.3, -0.25) is 4.79 Å². The van der Waals surface area contributed by atoms with E-state index in [1.165, 1.54) is 6.08 Å². The van der Waals surface area contributed by atoms with Crippen LogP contribution in [0.5, 0.6) is 0 Å². The summed E-state index contributed by atoms with van der Waals surface area (Å²) in [6.45, 7) is 4.26. The van der Waals surface area contributed by atoms with Gasteiger partial charge in [-0.2, -0.15) is 0 Å². The summed E-state index contributed by atoms with van der Waals surface area (Å²) >= 11 is 1.54. The van der Waals surface area contributed by atoms with E-state index in [0.29, 0.717) is 0 Å². The third-order valence-electron chi connectivity index (χ3n) is 3.47. The molecule has 112 valence electrons. The van der Waals surface area contributed by atoms with Crippen LogP contribution in [0.2, 0.25) is 0 Å². The van der Waals surface area contributed by atoms with Crippen molar-refractivity contribution >= 4 is 33.5 Å². The molecule has 0 aliphatic heterocycles. The Labute approximate surface area is 128 Å². The summed E-state index contributed by atoms with van der Waals surface area (Å²) in [7, 11) is 0. The smallest absolute Gasteiger partial charge is 0.244 e. The molecule has 2 N–H and O–H groups in total. The Bertz CT molecular complexity index is 603. The second kappa shape index (κ2) is 7.33. The van der Waals surface area contributed by atoms with Crippen molar-refractivity contribution in [2.24, 2.45) is 5.92 Å². The van der Waals surface area contributed by atoms with Crippen LogP contribution in [0, 0.1) is 5.92 Å². The van der Waals surface area contributed by atoms with Gasteiger partial charge in [-0.05, 0) is 24.1 Å². The number of nitrogens with zero attached hydrogens (tertiary/aromatic N) is 1. The highest BCUT2D eigenvalue weighted by molar-refractivity contribution is 7.19. The third kappa shape index (κ3) is 4.37. The molecule has 0 saturated carbocycles. The quantitative estimate of drug-likeness (QED) is 0.807. The lowest BCUT2D eigenvalue weighted by Gasteiger charge is -2.16. The number of amides is 1. The van der Waals surface area contributed by atoms with Crippen molar-refractivity contribution in [1.82, 2.24) is 10.3 Å². The maximum absolute atomic E-state index is 11.7. The van der Waals surface area contributed by atoms with E-state index in [0.717, 1.165) is 21.6 Å². The van der Waals surface area contributed by atoms with E-state index in [1.807, 2.05) is 38.1 Å². The van der Waals surface area contributed by atoms with E-state index < -0.39 is 6.10 Å². The Morgan fingerprint density at radius 3 is 2.95 bits per heavy atom. The zero-order valence-corrected chi connectivity index (χ0v) is 13.1. The van der Waals surface area contributed by atoms with Gasteiger partial charge in [-0.25, -0.2) is 4.98 Å². The fourth-order valence-corrected chi connectivity index (χ4v) is 2.72. The fourth-order valence-electron chi connectivity index (χ4n) is 1.85. The Morgan fingerprint density at radius 2 is 2.24 bits per heavy atom. The lowest BCUT2D eigenvalue weighted by atomic mass is 10.0. The van der Waals surface area contributed by atoms with Gasteiger partial charge < -0.3 is 10.4 Å². The highest BCUT2D eigenvalue weighted by atomic mass is 32.1.